The van der Waals surface area contributed by atoms with E-state index in [9.17, 15) is 18.0 Å². The van der Waals surface area contributed by atoms with Crippen molar-refractivity contribution in [3.63, 3.8) is 0 Å². The third-order valence-corrected chi connectivity index (χ3v) is 2.74. The molecule has 0 fully saturated rings. The number of hydrogen-bond acceptors (Lipinski definition) is 2. The van der Waals surface area contributed by atoms with Gasteiger partial charge in [0.1, 0.15) is 0 Å². The van der Waals surface area contributed by atoms with Crippen LogP contribution in [0.3, 0.4) is 0 Å². The molecule has 2 N–H and O–H groups in total. The Bertz CT molecular complexity index is 645. The Kier molecular flexibility index (Phi) is 3.29. The fraction of sp³-hybridized carbons (Fsp3) is 0.0714. The lowest BCUT2D eigenvalue weighted by atomic mass is 9.98. The number of hydrogen-bond donors (Lipinski definition) is 1. The number of anilines is 1. The molecule has 0 aliphatic rings. The molecule has 5 heteroatoms. The quantitative estimate of drug-likeness (QED) is 0.514. The van der Waals surface area contributed by atoms with Crippen molar-refractivity contribution in [2.45, 2.75) is 6.92 Å². The van der Waals surface area contributed by atoms with Gasteiger partial charge >= 0.3 is 0 Å². The molecule has 0 amide bonds. The number of nitrogen functional groups attached to an aromatic ring is 1. The monoisotopic (exact) mass is 265 g/mol. The summed E-state index contributed by atoms with van der Waals surface area (Å²) in [5.74, 6) is -4.96. The minimum atomic E-state index is -1.59. The van der Waals surface area contributed by atoms with Crippen LogP contribution in [0.5, 0.6) is 0 Å². The van der Waals surface area contributed by atoms with Gasteiger partial charge in [0.05, 0.1) is 0 Å². The third-order valence-electron chi connectivity index (χ3n) is 2.74. The van der Waals surface area contributed by atoms with E-state index < -0.39 is 23.2 Å². The van der Waals surface area contributed by atoms with Gasteiger partial charge in [-0.05, 0) is 42.8 Å². The van der Waals surface area contributed by atoms with E-state index in [0.717, 1.165) is 0 Å². The SMILES string of the molecule is Cc1cc(N)ccc1C(=O)c1cc(F)c(F)c(F)c1. The number of aryl methyl sites for hydroxylation is 1. The average molecular weight is 265 g/mol. The molecule has 0 saturated heterocycles. The Labute approximate surface area is 107 Å². The molecule has 0 heterocycles. The molecule has 19 heavy (non-hydrogen) atoms. The van der Waals surface area contributed by atoms with E-state index in [0.29, 0.717) is 23.4 Å². The van der Waals surface area contributed by atoms with E-state index in [1.807, 2.05) is 0 Å². The molecule has 0 saturated carbocycles. The molecule has 2 aromatic carbocycles. The minimum absolute atomic E-state index is 0.246. The topological polar surface area (TPSA) is 43.1 Å². The van der Waals surface area contributed by atoms with E-state index in [1.54, 1.807) is 13.0 Å². The van der Waals surface area contributed by atoms with Crippen molar-refractivity contribution in [2.24, 2.45) is 0 Å². The van der Waals surface area contributed by atoms with Crippen molar-refractivity contribution >= 4 is 11.5 Å². The van der Waals surface area contributed by atoms with Gasteiger partial charge in [0.15, 0.2) is 23.2 Å². The molecule has 0 aliphatic heterocycles. The third kappa shape index (κ3) is 2.45. The number of carbonyl (C=O) groups is 1. The van der Waals surface area contributed by atoms with Crippen molar-refractivity contribution in [3.8, 4) is 0 Å². The highest BCUT2D eigenvalue weighted by Gasteiger charge is 2.17. The van der Waals surface area contributed by atoms with Crippen molar-refractivity contribution in [3.05, 3.63) is 64.5 Å². The Morgan fingerprint density at radius 1 is 1.05 bits per heavy atom. The first-order valence-electron chi connectivity index (χ1n) is 5.45. The maximum Gasteiger partial charge on any atom is 0.194 e. The number of ketones is 1. The molecule has 2 aromatic rings. The highest BCUT2D eigenvalue weighted by molar-refractivity contribution is 6.10. The molecule has 0 spiro atoms. The van der Waals surface area contributed by atoms with Crippen molar-refractivity contribution < 1.29 is 18.0 Å². The Balaban J connectivity index is 2.50. The van der Waals surface area contributed by atoms with Gasteiger partial charge in [0.25, 0.3) is 0 Å². The zero-order valence-electron chi connectivity index (χ0n) is 10.0. The average Bonchev–Trinajstić information content (AvgIpc) is 2.34. The van der Waals surface area contributed by atoms with Crippen LogP contribution >= 0.6 is 0 Å². The minimum Gasteiger partial charge on any atom is -0.399 e. The predicted molar refractivity (Wildman–Crippen MR) is 65.3 cm³/mol. The summed E-state index contributed by atoms with van der Waals surface area (Å²) in [4.78, 5) is 12.1. The molecule has 2 rings (SSSR count). The molecule has 0 unspecified atom stereocenters. The first-order chi connectivity index (χ1) is 8.90. The Morgan fingerprint density at radius 2 is 1.63 bits per heavy atom. The molecule has 0 aromatic heterocycles. The second-order valence-corrected chi connectivity index (χ2v) is 4.16. The number of halogens is 3. The Hall–Kier alpha value is -2.30. The van der Waals surface area contributed by atoms with Crippen molar-refractivity contribution in [1.82, 2.24) is 0 Å². The standard InChI is InChI=1S/C14H10F3NO/c1-7-4-9(18)2-3-10(7)14(19)8-5-11(15)13(17)12(16)6-8/h2-6H,18H2,1H3. The largest absolute Gasteiger partial charge is 0.399 e. The Morgan fingerprint density at radius 3 is 2.16 bits per heavy atom. The summed E-state index contributed by atoms with van der Waals surface area (Å²) in [6.45, 7) is 1.65. The molecule has 0 radical (unpaired) electrons. The molecular weight excluding hydrogens is 255 g/mol. The van der Waals surface area contributed by atoms with Gasteiger partial charge < -0.3 is 5.73 Å². The molecule has 0 aliphatic carbocycles. The summed E-state index contributed by atoms with van der Waals surface area (Å²) in [5, 5.41) is 0. The van der Waals surface area contributed by atoms with Crippen LogP contribution < -0.4 is 5.73 Å². The molecule has 0 atom stereocenters. The lowest BCUT2D eigenvalue weighted by Gasteiger charge is -2.07. The molecular formula is C14H10F3NO. The molecule has 0 bridgehead atoms. The van der Waals surface area contributed by atoms with Crippen molar-refractivity contribution in [2.75, 3.05) is 5.73 Å². The zero-order chi connectivity index (χ0) is 14.2. The van der Waals surface area contributed by atoms with Crippen molar-refractivity contribution in [1.29, 1.82) is 0 Å². The van der Waals surface area contributed by atoms with E-state index in [2.05, 4.69) is 0 Å². The highest BCUT2D eigenvalue weighted by atomic mass is 19.2. The van der Waals surface area contributed by atoms with Crippen LogP contribution in [0.1, 0.15) is 21.5 Å². The van der Waals surface area contributed by atoms with Gasteiger partial charge in [-0.15, -0.1) is 0 Å². The van der Waals surface area contributed by atoms with E-state index in [-0.39, 0.29) is 11.1 Å². The predicted octanol–water partition coefficient (Wildman–Crippen LogP) is 3.23. The summed E-state index contributed by atoms with van der Waals surface area (Å²) in [7, 11) is 0. The van der Waals surface area contributed by atoms with Crippen LogP contribution in [-0.2, 0) is 0 Å². The second kappa shape index (κ2) is 4.76. The van der Waals surface area contributed by atoms with Crippen LogP contribution in [-0.4, -0.2) is 5.78 Å². The van der Waals surface area contributed by atoms with Crippen LogP contribution in [0.4, 0.5) is 18.9 Å². The summed E-state index contributed by atoms with van der Waals surface area (Å²) in [5.41, 5.74) is 6.63. The number of carbonyl (C=O) groups excluding carboxylic acids is 1. The maximum atomic E-state index is 13.1. The van der Waals surface area contributed by atoms with Crippen LogP contribution in [0.15, 0.2) is 30.3 Å². The second-order valence-electron chi connectivity index (χ2n) is 4.16. The van der Waals surface area contributed by atoms with Gasteiger partial charge in [-0.2, -0.15) is 0 Å². The van der Waals surface area contributed by atoms with Crippen LogP contribution in [0.2, 0.25) is 0 Å². The van der Waals surface area contributed by atoms with Gasteiger partial charge in [-0.3, -0.25) is 4.79 Å². The van der Waals surface area contributed by atoms with Crippen LogP contribution in [0.25, 0.3) is 0 Å². The molecule has 2 nitrogen and oxygen atoms in total. The summed E-state index contributed by atoms with van der Waals surface area (Å²) < 4.78 is 39.0. The first-order valence-corrected chi connectivity index (χ1v) is 5.45. The molecule has 98 valence electrons. The smallest absolute Gasteiger partial charge is 0.194 e. The van der Waals surface area contributed by atoms with Gasteiger partial charge in [-0.1, -0.05) is 0 Å². The fourth-order valence-electron chi connectivity index (χ4n) is 1.78. The summed E-state index contributed by atoms with van der Waals surface area (Å²) in [6.07, 6.45) is 0. The highest BCUT2D eigenvalue weighted by Crippen LogP contribution is 2.20. The first kappa shape index (κ1) is 13.1. The number of nitrogens with two attached hydrogens (primary N) is 1. The van der Waals surface area contributed by atoms with Crippen LogP contribution in [0, 0.1) is 24.4 Å². The lowest BCUT2D eigenvalue weighted by molar-refractivity contribution is 0.103. The maximum absolute atomic E-state index is 13.1. The lowest BCUT2D eigenvalue weighted by Crippen LogP contribution is -2.06. The number of rotatable bonds is 2. The summed E-state index contributed by atoms with van der Waals surface area (Å²) >= 11 is 0. The van der Waals surface area contributed by atoms with E-state index in [4.69, 9.17) is 5.73 Å². The van der Waals surface area contributed by atoms with Gasteiger partial charge in [-0.25, -0.2) is 13.2 Å². The van der Waals surface area contributed by atoms with Gasteiger partial charge in [0.2, 0.25) is 0 Å². The van der Waals surface area contributed by atoms with E-state index in [1.165, 1.54) is 12.1 Å². The fourth-order valence-corrected chi connectivity index (χ4v) is 1.78. The zero-order valence-corrected chi connectivity index (χ0v) is 10.0. The normalized spacial score (nSPS) is 10.5. The summed E-state index contributed by atoms with van der Waals surface area (Å²) in [6, 6.07) is 5.90. The van der Waals surface area contributed by atoms with E-state index >= 15 is 0 Å². The number of benzene rings is 2. The van der Waals surface area contributed by atoms with Gasteiger partial charge in [0, 0.05) is 16.8 Å².